The molecule has 0 radical (unpaired) electrons. The number of hydrogen-bond acceptors (Lipinski definition) is 5. The lowest BCUT2D eigenvalue weighted by molar-refractivity contribution is -0.136. The monoisotopic (exact) mass is 449 g/mol. The van der Waals surface area contributed by atoms with Gasteiger partial charge in [-0.2, -0.15) is 0 Å². The number of rotatable bonds is 4. The molecule has 3 aliphatic rings. The second-order valence-corrected chi connectivity index (χ2v) is 8.45. The van der Waals surface area contributed by atoms with E-state index in [9.17, 15) is 14.0 Å². The Morgan fingerprint density at radius 3 is 2.81 bits per heavy atom. The molecule has 1 aromatic carbocycles. The molecule has 0 saturated carbocycles. The number of nitrogens with zero attached hydrogens (tertiary/aromatic N) is 2. The Balaban J connectivity index is 1.35. The molecule has 2 fully saturated rings. The summed E-state index contributed by atoms with van der Waals surface area (Å²) in [6.45, 7) is 3.57. The highest BCUT2D eigenvalue weighted by Gasteiger charge is 2.35. The number of morpholine rings is 1. The molecular weight excluding hydrogens is 425 g/mol. The fourth-order valence-corrected chi connectivity index (χ4v) is 4.27. The first-order valence-electron chi connectivity index (χ1n) is 10.3. The number of allylic oxidation sites excluding steroid dienone is 1. The summed E-state index contributed by atoms with van der Waals surface area (Å²) in [6, 6.07) is 4.08. The highest BCUT2D eigenvalue weighted by Crippen LogP contribution is 2.30. The van der Waals surface area contributed by atoms with Crippen LogP contribution in [-0.4, -0.2) is 61.2 Å². The molecule has 0 aliphatic carbocycles. The van der Waals surface area contributed by atoms with Crippen LogP contribution < -0.4 is 10.1 Å². The molecule has 3 aliphatic heterocycles. The largest absolute Gasteiger partial charge is 0.492 e. The fourth-order valence-electron chi connectivity index (χ4n) is 4.05. The SMILES string of the molecule is CC1=C(C(=O)N2CCC(COc3ccc(F)cc3Cl)CC2)C=C2NC(=O)COC2N1C. The molecule has 0 spiro atoms. The summed E-state index contributed by atoms with van der Waals surface area (Å²) in [4.78, 5) is 28.6. The molecule has 1 N–H and O–H groups in total. The predicted octanol–water partition coefficient (Wildman–Crippen LogP) is 2.67. The Morgan fingerprint density at radius 2 is 2.10 bits per heavy atom. The molecule has 31 heavy (non-hydrogen) atoms. The van der Waals surface area contributed by atoms with Crippen LogP contribution in [0, 0.1) is 11.7 Å². The highest BCUT2D eigenvalue weighted by molar-refractivity contribution is 6.32. The molecule has 1 unspecified atom stereocenters. The molecule has 0 aromatic heterocycles. The third kappa shape index (κ3) is 4.55. The van der Waals surface area contributed by atoms with E-state index < -0.39 is 5.82 Å². The van der Waals surface area contributed by atoms with E-state index >= 15 is 0 Å². The van der Waals surface area contributed by atoms with Gasteiger partial charge in [0.1, 0.15) is 18.2 Å². The van der Waals surface area contributed by atoms with Crippen LogP contribution in [0.15, 0.2) is 41.2 Å². The van der Waals surface area contributed by atoms with Crippen molar-refractivity contribution in [1.82, 2.24) is 15.1 Å². The van der Waals surface area contributed by atoms with Crippen LogP contribution in [0.2, 0.25) is 5.02 Å². The van der Waals surface area contributed by atoms with Gasteiger partial charge in [0, 0.05) is 25.8 Å². The van der Waals surface area contributed by atoms with Crippen molar-refractivity contribution in [3.8, 4) is 5.75 Å². The minimum atomic E-state index is -0.400. The maximum Gasteiger partial charge on any atom is 0.255 e. The number of halogens is 2. The van der Waals surface area contributed by atoms with Crippen molar-refractivity contribution < 1.29 is 23.5 Å². The Hall–Kier alpha value is -2.58. The molecule has 9 heteroatoms. The van der Waals surface area contributed by atoms with Crippen LogP contribution >= 0.6 is 11.6 Å². The van der Waals surface area contributed by atoms with Crippen molar-refractivity contribution in [2.75, 3.05) is 33.4 Å². The Bertz CT molecular complexity index is 956. The number of fused-ring (bicyclic) bond motifs is 1. The average molecular weight is 450 g/mol. The summed E-state index contributed by atoms with van der Waals surface area (Å²) in [7, 11) is 1.85. The number of nitrogens with one attached hydrogen (secondary N) is 1. The normalized spacial score (nSPS) is 22.1. The van der Waals surface area contributed by atoms with Gasteiger partial charge in [-0.3, -0.25) is 9.59 Å². The number of ether oxygens (including phenoxy) is 2. The van der Waals surface area contributed by atoms with Gasteiger partial charge in [0.15, 0.2) is 6.23 Å². The quantitative estimate of drug-likeness (QED) is 0.765. The molecule has 166 valence electrons. The molecule has 3 heterocycles. The first kappa shape index (κ1) is 21.6. The van der Waals surface area contributed by atoms with Gasteiger partial charge < -0.3 is 24.6 Å². The van der Waals surface area contributed by atoms with Gasteiger partial charge in [0.25, 0.3) is 5.91 Å². The summed E-state index contributed by atoms with van der Waals surface area (Å²) in [6.07, 6.45) is 2.94. The van der Waals surface area contributed by atoms with Crippen molar-refractivity contribution >= 4 is 23.4 Å². The molecule has 2 amide bonds. The molecule has 0 bridgehead atoms. The Morgan fingerprint density at radius 1 is 1.35 bits per heavy atom. The first-order valence-corrected chi connectivity index (χ1v) is 10.6. The van der Waals surface area contributed by atoms with Gasteiger partial charge in [0.2, 0.25) is 5.91 Å². The third-order valence-corrected chi connectivity index (χ3v) is 6.29. The van der Waals surface area contributed by atoms with Gasteiger partial charge in [0.05, 0.1) is 22.9 Å². The highest BCUT2D eigenvalue weighted by atomic mass is 35.5. The van der Waals surface area contributed by atoms with Gasteiger partial charge in [-0.1, -0.05) is 11.6 Å². The zero-order valence-electron chi connectivity index (χ0n) is 17.5. The van der Waals surface area contributed by atoms with E-state index in [1.807, 2.05) is 23.8 Å². The van der Waals surface area contributed by atoms with E-state index in [1.165, 1.54) is 18.2 Å². The zero-order chi connectivity index (χ0) is 22.1. The molecule has 4 rings (SSSR count). The van der Waals surface area contributed by atoms with Gasteiger partial charge in [-0.05, 0) is 50.0 Å². The van der Waals surface area contributed by atoms with Gasteiger partial charge >= 0.3 is 0 Å². The van der Waals surface area contributed by atoms with E-state index in [0.29, 0.717) is 36.7 Å². The molecule has 1 aromatic rings. The summed E-state index contributed by atoms with van der Waals surface area (Å²) in [5.41, 5.74) is 1.96. The van der Waals surface area contributed by atoms with Gasteiger partial charge in [-0.15, -0.1) is 0 Å². The van der Waals surface area contributed by atoms with Gasteiger partial charge in [-0.25, -0.2) is 4.39 Å². The van der Waals surface area contributed by atoms with Crippen LogP contribution in [0.3, 0.4) is 0 Å². The predicted molar refractivity (Wildman–Crippen MR) is 113 cm³/mol. The van der Waals surface area contributed by atoms with Crippen LogP contribution in [0.1, 0.15) is 19.8 Å². The van der Waals surface area contributed by atoms with Crippen molar-refractivity contribution in [1.29, 1.82) is 0 Å². The summed E-state index contributed by atoms with van der Waals surface area (Å²) < 4.78 is 24.5. The van der Waals surface area contributed by atoms with Crippen LogP contribution in [0.5, 0.6) is 5.75 Å². The minimum Gasteiger partial charge on any atom is -0.492 e. The third-order valence-electron chi connectivity index (χ3n) is 5.99. The molecule has 7 nitrogen and oxygen atoms in total. The molecule has 2 saturated heterocycles. The van der Waals surface area contributed by atoms with E-state index in [0.717, 1.165) is 18.5 Å². The van der Waals surface area contributed by atoms with E-state index in [2.05, 4.69) is 5.32 Å². The van der Waals surface area contributed by atoms with Crippen LogP contribution in [0.4, 0.5) is 4.39 Å². The van der Waals surface area contributed by atoms with Crippen molar-refractivity contribution in [2.24, 2.45) is 5.92 Å². The fraction of sp³-hybridized carbons (Fsp3) is 0.455. The summed E-state index contributed by atoms with van der Waals surface area (Å²) >= 11 is 6.01. The topological polar surface area (TPSA) is 71.1 Å². The van der Waals surface area contributed by atoms with Crippen molar-refractivity contribution in [3.05, 3.63) is 52.1 Å². The number of likely N-dealkylation sites (tertiary alicyclic amines) is 1. The van der Waals surface area contributed by atoms with E-state index in [4.69, 9.17) is 21.1 Å². The zero-order valence-corrected chi connectivity index (χ0v) is 18.2. The van der Waals surface area contributed by atoms with E-state index in [-0.39, 0.29) is 35.6 Å². The van der Waals surface area contributed by atoms with Crippen LogP contribution in [-0.2, 0) is 14.3 Å². The summed E-state index contributed by atoms with van der Waals surface area (Å²) in [5, 5.41) is 3.06. The lowest BCUT2D eigenvalue weighted by Crippen LogP contribution is -2.51. The first-order chi connectivity index (χ1) is 14.8. The van der Waals surface area contributed by atoms with Crippen molar-refractivity contribution in [2.45, 2.75) is 26.0 Å². The number of hydrogen-bond donors (Lipinski definition) is 1. The average Bonchev–Trinajstić information content (AvgIpc) is 2.75. The summed E-state index contributed by atoms with van der Waals surface area (Å²) in [5.74, 6) is 0.0664. The number of piperidine rings is 1. The van der Waals surface area contributed by atoms with Crippen LogP contribution in [0.25, 0.3) is 0 Å². The minimum absolute atomic E-state index is 0.00161. The maximum atomic E-state index is 13.2. The second-order valence-electron chi connectivity index (χ2n) is 8.04. The second kappa shape index (κ2) is 8.88. The smallest absolute Gasteiger partial charge is 0.255 e. The molecule has 1 atom stereocenters. The van der Waals surface area contributed by atoms with Crippen molar-refractivity contribution in [3.63, 3.8) is 0 Å². The number of amides is 2. The lowest BCUT2D eigenvalue weighted by atomic mass is 9.96. The number of carbonyl (C=O) groups excluding carboxylic acids is 2. The standard InChI is InChI=1S/C22H25ClFN3O4/c1-13-16(10-18-22(26(13)2)31-12-20(28)25-18)21(29)27-7-5-14(6-8-27)11-30-19-4-3-15(24)9-17(19)23/h3-4,9-10,14,22H,5-8,11-12H2,1-2H3,(H,25,28). The Labute approximate surface area is 185 Å². The maximum absolute atomic E-state index is 13.2. The number of likely N-dealkylation sites (N-methyl/N-ethyl adjacent to an activating group) is 1. The number of carbonyl (C=O) groups is 2. The Kier molecular flexibility index (Phi) is 6.20. The van der Waals surface area contributed by atoms with E-state index in [1.54, 1.807) is 6.08 Å². The molecular formula is C22H25ClFN3O4. The lowest BCUT2D eigenvalue weighted by Gasteiger charge is -2.40. The number of benzene rings is 1.